The Kier molecular flexibility index (Phi) is 25.2. The van der Waals surface area contributed by atoms with E-state index >= 15 is 0 Å². The van der Waals surface area contributed by atoms with E-state index in [0.29, 0.717) is 64.2 Å². The van der Waals surface area contributed by atoms with Gasteiger partial charge < -0.3 is 48.3 Å². The molecule has 0 spiro atoms. The molecule has 1 saturated carbocycles. The van der Waals surface area contributed by atoms with Crippen molar-refractivity contribution in [3.05, 3.63) is 59.8 Å². The normalized spacial score (nSPS) is 34.7. The zero-order valence-corrected chi connectivity index (χ0v) is 48.1. The maximum absolute atomic E-state index is 14.6. The third kappa shape index (κ3) is 17.7. The van der Waals surface area contributed by atoms with E-state index < -0.39 is 101 Å². The molecule has 19 heteroatoms. The van der Waals surface area contributed by atoms with Gasteiger partial charge in [0.15, 0.2) is 11.6 Å². The number of aliphatic hydroxyl groups excluding tert-OH is 1. The fourth-order valence-electron chi connectivity index (χ4n) is 11.6. The van der Waals surface area contributed by atoms with Gasteiger partial charge in [0.05, 0.1) is 43.5 Å². The number of carbonyl (C=O) groups excluding carboxylic acids is 8. The SMILES string of the molecule is COC1C(=O)[C@H](C)CC(C)C=CC=CC=C(C)[C@@H](OC)C[C@@H]2CC[C@@H](C)[C@@](O)(O2)C(=O)C(=O)N2CCCCC2C(=O)O[C@H]([C@@H](C)C[C@@H]2CC[C@@H](OCCOC(=O)CCN3C(=O)C=CC3=O)[C@H](OC)C2)CC(=O)/C(C)=C/C(C)[C@H]1O. The van der Waals surface area contributed by atoms with Crippen LogP contribution in [-0.4, -0.2) is 169 Å². The smallest absolute Gasteiger partial charge is 0.329 e. The maximum atomic E-state index is 14.6. The van der Waals surface area contributed by atoms with Crippen molar-refractivity contribution in [2.24, 2.45) is 35.5 Å². The Bertz CT molecular complexity index is 2290. The van der Waals surface area contributed by atoms with E-state index in [9.17, 15) is 48.6 Å². The fourth-order valence-corrected chi connectivity index (χ4v) is 11.6. The number of methoxy groups -OCH3 is 3. The van der Waals surface area contributed by atoms with E-state index in [-0.39, 0.29) is 86.7 Å². The number of ether oxygens (including phenoxy) is 7. The van der Waals surface area contributed by atoms with Gasteiger partial charge in [0.1, 0.15) is 24.9 Å². The zero-order valence-electron chi connectivity index (χ0n) is 48.1. The van der Waals surface area contributed by atoms with Gasteiger partial charge in [-0.1, -0.05) is 71.1 Å². The number of fused-ring (bicyclic) bond motifs is 3. The summed E-state index contributed by atoms with van der Waals surface area (Å²) in [4.78, 5) is 110. The molecule has 5 rings (SSSR count). The molecule has 3 amide bonds. The molecule has 19 nitrogen and oxygen atoms in total. The van der Waals surface area contributed by atoms with E-state index in [0.717, 1.165) is 22.6 Å². The monoisotopic (exact) mass is 1110 g/mol. The highest BCUT2D eigenvalue weighted by Gasteiger charge is 2.53. The minimum atomic E-state index is -2.47. The number of hydrogen-bond donors (Lipinski definition) is 2. The van der Waals surface area contributed by atoms with Crippen LogP contribution in [0.2, 0.25) is 0 Å². The molecule has 0 aromatic rings. The summed E-state index contributed by atoms with van der Waals surface area (Å²) in [7, 11) is 4.52. The molecule has 2 bridgehead atoms. The summed E-state index contributed by atoms with van der Waals surface area (Å²) in [6.45, 7) is 12.6. The van der Waals surface area contributed by atoms with Crippen LogP contribution in [0.4, 0.5) is 0 Å². The Hall–Kier alpha value is -5.02. The number of esters is 2. The number of piperidine rings is 1. The van der Waals surface area contributed by atoms with E-state index in [1.165, 1.54) is 12.0 Å². The first-order valence-electron chi connectivity index (χ1n) is 28.3. The molecule has 2 saturated heterocycles. The molecular formula is C60H88N2O17. The van der Waals surface area contributed by atoms with E-state index in [4.69, 9.17) is 33.2 Å². The predicted octanol–water partition coefficient (Wildman–Crippen LogP) is 6.06. The van der Waals surface area contributed by atoms with Crippen LogP contribution in [0.25, 0.3) is 0 Å². The Labute approximate surface area is 466 Å². The number of cyclic esters (lactones) is 1. The van der Waals surface area contributed by atoms with Crippen molar-refractivity contribution in [2.75, 3.05) is 47.6 Å². The standard InChI is InChI=1S/C60H88N2O17/c1-36-16-12-11-13-17-37(2)48(73-8)34-44-21-19-42(7)60(72,79-44)57(69)58(70)61-26-15-14-18-45(61)59(71)78-49(35-46(63)38(3)31-41(6)55(68)56(75-10)54(67)40(5)30-36)39(4)32-43-20-22-47(50(33-43)74-9)76-28-29-77-53(66)25-27-62-51(64)23-24-52(62)65/h11-13,16-17,23-24,31,36,39-45,47-50,55-56,68,72H,14-15,18-22,25-30,32-35H2,1-10H3/b13-11?,16-12?,37-17?,38-31+/t36?,39-,40+,41?,42+,43-,44-,45?,47+,48-,49-,50+,55+,56?,60+/m0/s1. The number of hydrogen-bond acceptors (Lipinski definition) is 17. The number of imide groups is 1. The number of aliphatic hydroxyl groups is 2. The Morgan fingerprint density at radius 2 is 1.56 bits per heavy atom. The fraction of sp³-hybridized carbons (Fsp3) is 0.700. The highest BCUT2D eigenvalue weighted by atomic mass is 16.6. The minimum Gasteiger partial charge on any atom is -0.463 e. The quantitative estimate of drug-likeness (QED) is 0.0920. The maximum Gasteiger partial charge on any atom is 0.329 e. The van der Waals surface area contributed by atoms with Crippen LogP contribution in [0, 0.1) is 35.5 Å². The van der Waals surface area contributed by atoms with Crippen LogP contribution in [0.15, 0.2) is 59.8 Å². The molecule has 0 radical (unpaired) electrons. The second-order valence-electron chi connectivity index (χ2n) is 22.6. The van der Waals surface area contributed by atoms with Crippen LogP contribution in [0.1, 0.15) is 132 Å². The van der Waals surface area contributed by atoms with Gasteiger partial charge in [-0.25, -0.2) is 4.79 Å². The van der Waals surface area contributed by atoms with Crippen LogP contribution in [0.5, 0.6) is 0 Å². The zero-order chi connectivity index (χ0) is 58.1. The number of amides is 3. The van der Waals surface area contributed by atoms with Crippen molar-refractivity contribution in [2.45, 2.75) is 186 Å². The first-order valence-corrected chi connectivity index (χ1v) is 28.3. The van der Waals surface area contributed by atoms with Crippen molar-refractivity contribution in [1.29, 1.82) is 0 Å². The van der Waals surface area contributed by atoms with Crippen molar-refractivity contribution >= 4 is 47.0 Å². The molecule has 2 N–H and O–H groups in total. The van der Waals surface area contributed by atoms with Gasteiger partial charge in [-0.2, -0.15) is 0 Å². The van der Waals surface area contributed by atoms with Gasteiger partial charge in [-0.15, -0.1) is 0 Å². The summed E-state index contributed by atoms with van der Waals surface area (Å²) >= 11 is 0. The molecule has 4 heterocycles. The summed E-state index contributed by atoms with van der Waals surface area (Å²) in [5.74, 6) is -9.96. The van der Waals surface area contributed by atoms with Crippen LogP contribution in [-0.2, 0) is 71.5 Å². The molecule has 1 aliphatic carbocycles. The molecule has 15 atom stereocenters. The van der Waals surface area contributed by atoms with E-state index in [1.807, 2.05) is 51.2 Å². The third-order valence-electron chi connectivity index (χ3n) is 16.6. The summed E-state index contributed by atoms with van der Waals surface area (Å²) in [5.41, 5.74) is 1.14. The minimum absolute atomic E-state index is 0.00543. The van der Waals surface area contributed by atoms with Gasteiger partial charge in [0, 0.05) is 77.2 Å². The molecule has 5 aliphatic rings. The van der Waals surface area contributed by atoms with E-state index in [2.05, 4.69) is 0 Å². The van der Waals surface area contributed by atoms with Gasteiger partial charge >= 0.3 is 11.9 Å². The highest BCUT2D eigenvalue weighted by molar-refractivity contribution is 6.39. The van der Waals surface area contributed by atoms with Crippen molar-refractivity contribution in [1.82, 2.24) is 9.80 Å². The number of ketones is 3. The van der Waals surface area contributed by atoms with Crippen LogP contribution in [0.3, 0.4) is 0 Å². The first-order chi connectivity index (χ1) is 37.5. The molecule has 0 aromatic carbocycles. The summed E-state index contributed by atoms with van der Waals surface area (Å²) in [6, 6.07) is -1.20. The number of nitrogens with zero attached hydrogens (tertiary/aromatic N) is 2. The number of Topliss-reactive ketones (excluding diaryl/α,β-unsaturated/α-hetero) is 3. The lowest BCUT2D eigenvalue weighted by Crippen LogP contribution is -2.61. The number of carbonyl (C=O) groups is 8. The summed E-state index contributed by atoms with van der Waals surface area (Å²) in [6.07, 6.45) is 13.0. The molecule has 440 valence electrons. The average Bonchev–Trinajstić information content (AvgIpc) is 3.76. The molecule has 4 unspecified atom stereocenters. The van der Waals surface area contributed by atoms with Gasteiger partial charge in [-0.3, -0.25) is 38.5 Å². The van der Waals surface area contributed by atoms with Gasteiger partial charge in [-0.05, 0) is 107 Å². The van der Waals surface area contributed by atoms with Crippen molar-refractivity contribution in [3.8, 4) is 0 Å². The van der Waals surface area contributed by atoms with Crippen LogP contribution >= 0.6 is 0 Å². The Balaban J connectivity index is 1.36. The van der Waals surface area contributed by atoms with Crippen LogP contribution < -0.4 is 0 Å². The topological polar surface area (TPSA) is 248 Å². The second-order valence-corrected chi connectivity index (χ2v) is 22.6. The first kappa shape index (κ1) is 64.8. The lowest BCUT2D eigenvalue weighted by molar-refractivity contribution is -0.265. The second kappa shape index (κ2) is 30.7. The number of rotatable bonds is 13. The van der Waals surface area contributed by atoms with Crippen molar-refractivity contribution in [3.63, 3.8) is 0 Å². The summed E-state index contributed by atoms with van der Waals surface area (Å²) in [5, 5.41) is 23.6. The lowest BCUT2D eigenvalue weighted by Gasteiger charge is -2.42. The molecule has 79 heavy (non-hydrogen) atoms. The Morgan fingerprint density at radius 3 is 2.24 bits per heavy atom. The van der Waals surface area contributed by atoms with E-state index in [1.54, 1.807) is 48.0 Å². The highest BCUT2D eigenvalue weighted by Crippen LogP contribution is 2.38. The van der Waals surface area contributed by atoms with Gasteiger partial charge in [0.25, 0.3) is 23.5 Å². The summed E-state index contributed by atoms with van der Waals surface area (Å²) < 4.78 is 41.3. The van der Waals surface area contributed by atoms with Crippen molar-refractivity contribution < 1.29 is 81.7 Å². The average molecular weight is 1110 g/mol. The molecule has 3 fully saturated rings. The lowest BCUT2D eigenvalue weighted by atomic mass is 9.78. The molecule has 0 aromatic heterocycles. The predicted molar refractivity (Wildman–Crippen MR) is 290 cm³/mol. The molecule has 4 aliphatic heterocycles. The number of allylic oxidation sites excluding steroid dienone is 6. The molecular weight excluding hydrogens is 1020 g/mol. The largest absolute Gasteiger partial charge is 0.463 e. The third-order valence-corrected chi connectivity index (χ3v) is 16.6. The van der Waals surface area contributed by atoms with Gasteiger partial charge in [0.2, 0.25) is 5.79 Å². The Morgan fingerprint density at radius 1 is 0.835 bits per heavy atom.